The van der Waals surface area contributed by atoms with Gasteiger partial charge >= 0.3 is 30.5 Å². The fraction of sp³-hybridized carbons (Fsp3) is 0.462. The first-order valence-corrected chi connectivity index (χ1v) is 6.99. The normalized spacial score (nSPS) is 14.6. The van der Waals surface area contributed by atoms with Crippen molar-refractivity contribution in [1.29, 1.82) is 0 Å². The Hall–Kier alpha value is -2.78. The first-order chi connectivity index (χ1) is 12.9. The van der Waals surface area contributed by atoms with E-state index in [0.717, 1.165) is 6.07 Å². The van der Waals surface area contributed by atoms with Crippen LogP contribution in [-0.2, 0) is 15.8 Å². The Morgan fingerprint density at radius 3 is 1.62 bits per heavy atom. The van der Waals surface area contributed by atoms with E-state index >= 15 is 0 Å². The van der Waals surface area contributed by atoms with Gasteiger partial charge in [0.1, 0.15) is 5.69 Å². The molecular formula is C13H12F9N3O4. The first-order valence-electron chi connectivity index (χ1n) is 6.99. The summed E-state index contributed by atoms with van der Waals surface area (Å²) in [4.78, 5) is 22.9. The zero-order valence-electron chi connectivity index (χ0n) is 13.8. The number of hydrogen-bond acceptors (Lipinski definition) is 5. The molecule has 1 aliphatic heterocycles. The summed E-state index contributed by atoms with van der Waals surface area (Å²) in [7, 11) is 0. The molecule has 1 fully saturated rings. The highest BCUT2D eigenvalue weighted by Gasteiger charge is 2.39. The Morgan fingerprint density at radius 1 is 0.966 bits per heavy atom. The van der Waals surface area contributed by atoms with Crippen LogP contribution in [0.15, 0.2) is 18.3 Å². The van der Waals surface area contributed by atoms with E-state index in [4.69, 9.17) is 25.5 Å². The summed E-state index contributed by atoms with van der Waals surface area (Å²) in [5.41, 5.74) is 5.22. The van der Waals surface area contributed by atoms with E-state index in [1.54, 1.807) is 11.0 Å². The number of carboxylic acid groups (broad SMARTS) is 2. The topological polar surface area (TPSA) is 117 Å². The van der Waals surface area contributed by atoms with Gasteiger partial charge < -0.3 is 20.8 Å². The van der Waals surface area contributed by atoms with Crippen LogP contribution < -0.4 is 10.6 Å². The average Bonchev–Trinajstić information content (AvgIpc) is 2.50. The second kappa shape index (κ2) is 9.62. The van der Waals surface area contributed by atoms with E-state index in [0.29, 0.717) is 18.8 Å². The van der Waals surface area contributed by atoms with Crippen molar-refractivity contribution in [2.24, 2.45) is 5.73 Å². The minimum Gasteiger partial charge on any atom is -0.475 e. The lowest BCUT2D eigenvalue weighted by Crippen LogP contribution is -2.55. The number of carbonyl (C=O) groups is 2. The van der Waals surface area contributed by atoms with E-state index in [1.165, 1.54) is 6.20 Å². The number of aliphatic carboxylic acids is 2. The smallest absolute Gasteiger partial charge is 0.475 e. The zero-order valence-corrected chi connectivity index (χ0v) is 13.8. The predicted octanol–water partition coefficient (Wildman–Crippen LogP) is 2.51. The summed E-state index contributed by atoms with van der Waals surface area (Å²) >= 11 is 0. The fourth-order valence-electron chi connectivity index (χ4n) is 1.49. The summed E-state index contributed by atoms with van der Waals surface area (Å²) in [5.74, 6) is -5.51. The van der Waals surface area contributed by atoms with E-state index in [-0.39, 0.29) is 6.04 Å². The molecule has 1 saturated heterocycles. The SMILES string of the molecule is NC1CN(c2ccnc(C(F)(F)F)c2)C1.O=C(O)C(F)(F)F.O=C(O)C(F)(F)F. The second-order valence-corrected chi connectivity index (χ2v) is 5.17. The highest BCUT2D eigenvalue weighted by molar-refractivity contribution is 5.73. The van der Waals surface area contributed by atoms with E-state index in [9.17, 15) is 39.5 Å². The predicted molar refractivity (Wildman–Crippen MR) is 76.8 cm³/mol. The van der Waals surface area contributed by atoms with Gasteiger partial charge in [0, 0.05) is 31.0 Å². The lowest BCUT2D eigenvalue weighted by molar-refractivity contribution is -0.193. The second-order valence-electron chi connectivity index (χ2n) is 5.17. The molecule has 0 bridgehead atoms. The summed E-state index contributed by atoms with van der Waals surface area (Å²) in [5, 5.41) is 14.2. The number of pyridine rings is 1. The molecule has 0 spiro atoms. The number of carboxylic acids is 2. The number of hydrogen-bond donors (Lipinski definition) is 3. The van der Waals surface area contributed by atoms with Crippen LogP contribution >= 0.6 is 0 Å². The van der Waals surface area contributed by atoms with Crippen molar-refractivity contribution in [3.63, 3.8) is 0 Å². The van der Waals surface area contributed by atoms with Gasteiger partial charge in [-0.1, -0.05) is 0 Å². The van der Waals surface area contributed by atoms with Crippen LogP contribution in [0.25, 0.3) is 0 Å². The van der Waals surface area contributed by atoms with Crippen molar-refractivity contribution in [2.45, 2.75) is 24.6 Å². The summed E-state index contributed by atoms with van der Waals surface area (Å²) in [6.07, 6.45) is -13.4. The maximum atomic E-state index is 12.3. The van der Waals surface area contributed by atoms with Gasteiger partial charge in [-0.25, -0.2) is 9.59 Å². The maximum absolute atomic E-state index is 12.3. The lowest BCUT2D eigenvalue weighted by Gasteiger charge is -2.38. The number of rotatable bonds is 1. The number of nitrogens with two attached hydrogens (primary N) is 1. The minimum absolute atomic E-state index is 0.0625. The molecule has 0 aliphatic carbocycles. The highest BCUT2D eigenvalue weighted by Crippen LogP contribution is 2.30. The Balaban J connectivity index is 0.000000473. The summed E-state index contributed by atoms with van der Waals surface area (Å²) < 4.78 is 100. The quantitative estimate of drug-likeness (QED) is 0.569. The van der Waals surface area contributed by atoms with Gasteiger partial charge in [-0.05, 0) is 12.1 Å². The third-order valence-electron chi connectivity index (χ3n) is 2.79. The summed E-state index contributed by atoms with van der Waals surface area (Å²) in [6, 6.07) is 2.67. The Morgan fingerprint density at radius 2 is 1.34 bits per heavy atom. The van der Waals surface area contributed by atoms with Crippen molar-refractivity contribution < 1.29 is 59.3 Å². The van der Waals surface area contributed by atoms with Gasteiger partial charge in [0.05, 0.1) is 0 Å². The van der Waals surface area contributed by atoms with Gasteiger partial charge in [-0.2, -0.15) is 39.5 Å². The number of halogens is 9. The Kier molecular flexibility index (Phi) is 8.70. The number of anilines is 1. The third-order valence-corrected chi connectivity index (χ3v) is 2.79. The van der Waals surface area contributed by atoms with Crippen molar-refractivity contribution >= 4 is 17.6 Å². The van der Waals surface area contributed by atoms with Gasteiger partial charge in [-0.3, -0.25) is 4.98 Å². The Labute approximate surface area is 155 Å². The van der Waals surface area contributed by atoms with Crippen LogP contribution in [0.1, 0.15) is 5.69 Å². The van der Waals surface area contributed by atoms with Crippen molar-refractivity contribution in [3.8, 4) is 0 Å². The molecule has 0 aromatic carbocycles. The van der Waals surface area contributed by atoms with Gasteiger partial charge in [0.15, 0.2) is 0 Å². The van der Waals surface area contributed by atoms with E-state index in [1.807, 2.05) is 0 Å². The molecule has 0 atom stereocenters. The number of aromatic nitrogens is 1. The molecule has 2 heterocycles. The van der Waals surface area contributed by atoms with Gasteiger partial charge in [0.25, 0.3) is 0 Å². The Bertz CT molecular complexity index is 674. The largest absolute Gasteiger partial charge is 0.490 e. The monoisotopic (exact) mass is 445 g/mol. The minimum atomic E-state index is -5.08. The molecule has 1 aromatic heterocycles. The standard InChI is InChI=1S/C9H10F3N3.2C2HF3O2/c10-9(11,12)8-3-7(1-2-14-8)15-4-6(13)5-15;2*3-2(4,5)1(6)7/h1-3,6H,4-5,13H2;2*(H,6,7). The molecule has 0 amide bonds. The molecular weight excluding hydrogens is 433 g/mol. The number of alkyl halides is 9. The lowest BCUT2D eigenvalue weighted by atomic mass is 10.1. The van der Waals surface area contributed by atoms with Crippen LogP contribution in [0.4, 0.5) is 45.2 Å². The molecule has 1 aliphatic rings. The maximum Gasteiger partial charge on any atom is 0.490 e. The molecule has 7 nitrogen and oxygen atoms in total. The van der Waals surface area contributed by atoms with Crippen molar-refractivity contribution in [3.05, 3.63) is 24.0 Å². The third kappa shape index (κ3) is 9.82. The van der Waals surface area contributed by atoms with Crippen molar-refractivity contribution in [1.82, 2.24) is 4.98 Å². The molecule has 0 radical (unpaired) electrons. The molecule has 0 unspecified atom stereocenters. The van der Waals surface area contributed by atoms with Crippen molar-refractivity contribution in [2.75, 3.05) is 18.0 Å². The van der Waals surface area contributed by atoms with Crippen LogP contribution in [-0.4, -0.2) is 58.6 Å². The van der Waals surface area contributed by atoms with E-state index < -0.39 is 36.2 Å². The van der Waals surface area contributed by atoms with Crippen LogP contribution in [0.3, 0.4) is 0 Å². The zero-order chi connectivity index (χ0) is 23.2. The summed E-state index contributed by atoms with van der Waals surface area (Å²) in [6.45, 7) is 1.20. The van der Waals surface area contributed by atoms with Crippen LogP contribution in [0.2, 0.25) is 0 Å². The van der Waals surface area contributed by atoms with Gasteiger partial charge in [-0.15, -0.1) is 0 Å². The van der Waals surface area contributed by atoms with Crippen LogP contribution in [0.5, 0.6) is 0 Å². The first kappa shape index (κ1) is 26.2. The molecule has 0 saturated carbocycles. The molecule has 29 heavy (non-hydrogen) atoms. The fourth-order valence-corrected chi connectivity index (χ4v) is 1.49. The molecule has 166 valence electrons. The molecule has 2 rings (SSSR count). The molecule has 1 aromatic rings. The highest BCUT2D eigenvalue weighted by atomic mass is 19.4. The number of nitrogens with zero attached hydrogens (tertiary/aromatic N) is 2. The molecule has 16 heteroatoms. The van der Waals surface area contributed by atoms with Crippen LogP contribution in [0, 0.1) is 0 Å². The van der Waals surface area contributed by atoms with Gasteiger partial charge in [0.2, 0.25) is 0 Å². The van der Waals surface area contributed by atoms with E-state index in [2.05, 4.69) is 4.98 Å². The molecule has 4 N–H and O–H groups in total. The average molecular weight is 445 g/mol.